The van der Waals surface area contributed by atoms with Gasteiger partial charge in [0.2, 0.25) is 5.91 Å². The Kier molecular flexibility index (Phi) is 8.67. The Balaban J connectivity index is 1.02. The first-order valence-corrected chi connectivity index (χ1v) is 14.3. The van der Waals surface area contributed by atoms with Crippen molar-refractivity contribution in [3.63, 3.8) is 0 Å². The summed E-state index contributed by atoms with van der Waals surface area (Å²) < 4.78 is 6.07. The standard InChI is InChI=1S/C28H39ClN4O4/c29-24-4-3-23(17-25(24)33-15-9-26(34)30-28(33)36)27(35)32-13-7-22(8-14-32)19-37-16-10-20-5-11-31(12-6-20)18-21-1-2-21/h3-4,17,20-22H,1-2,5-16,18-19H2,(H,30,34,36). The molecule has 5 rings (SSSR count). The fraction of sp³-hybridized carbons (Fsp3) is 0.679. The van der Waals surface area contributed by atoms with Crippen LogP contribution in [0.15, 0.2) is 18.2 Å². The summed E-state index contributed by atoms with van der Waals surface area (Å²) in [5, 5.41) is 2.68. The third-order valence-corrected chi connectivity index (χ3v) is 8.70. The van der Waals surface area contributed by atoms with Gasteiger partial charge in [0.25, 0.3) is 5.91 Å². The number of ether oxygens (including phenoxy) is 1. The molecule has 0 bridgehead atoms. The second-order valence-electron chi connectivity index (χ2n) is 11.2. The highest BCUT2D eigenvalue weighted by Crippen LogP contribution is 2.32. The SMILES string of the molecule is O=C1CCN(c2cc(C(=O)N3CCC(COCCC4CCN(CC5CC5)CC4)CC3)ccc2Cl)C(=O)N1. The van der Waals surface area contributed by atoms with Gasteiger partial charge in [-0.05, 0) is 94.0 Å². The maximum Gasteiger partial charge on any atom is 0.328 e. The summed E-state index contributed by atoms with van der Waals surface area (Å²) in [4.78, 5) is 42.9. The maximum atomic E-state index is 13.2. The molecular weight excluding hydrogens is 492 g/mol. The van der Waals surface area contributed by atoms with Crippen LogP contribution in [0.1, 0.15) is 61.7 Å². The summed E-state index contributed by atoms with van der Waals surface area (Å²) in [6.45, 7) is 7.09. The topological polar surface area (TPSA) is 82.2 Å². The molecule has 1 saturated carbocycles. The lowest BCUT2D eigenvalue weighted by Gasteiger charge is -2.33. The van der Waals surface area contributed by atoms with Gasteiger partial charge in [-0.2, -0.15) is 0 Å². The van der Waals surface area contributed by atoms with Gasteiger partial charge in [-0.3, -0.25) is 19.8 Å². The van der Waals surface area contributed by atoms with Crippen molar-refractivity contribution in [2.75, 3.05) is 57.4 Å². The molecule has 1 aliphatic carbocycles. The molecule has 4 amide bonds. The Labute approximate surface area is 224 Å². The number of rotatable bonds is 9. The van der Waals surface area contributed by atoms with E-state index in [9.17, 15) is 14.4 Å². The quantitative estimate of drug-likeness (QED) is 0.485. The molecule has 9 heteroatoms. The van der Waals surface area contributed by atoms with Crippen molar-refractivity contribution in [3.05, 3.63) is 28.8 Å². The van der Waals surface area contributed by atoms with Gasteiger partial charge in [-0.1, -0.05) is 11.6 Å². The van der Waals surface area contributed by atoms with E-state index in [-0.39, 0.29) is 24.8 Å². The number of likely N-dealkylation sites (tertiary alicyclic amines) is 2. The van der Waals surface area contributed by atoms with Gasteiger partial charge in [0.05, 0.1) is 10.7 Å². The van der Waals surface area contributed by atoms with Crippen LogP contribution in [0.3, 0.4) is 0 Å². The van der Waals surface area contributed by atoms with E-state index in [0.29, 0.717) is 35.3 Å². The van der Waals surface area contributed by atoms with Crippen molar-refractivity contribution in [2.24, 2.45) is 17.8 Å². The molecule has 0 aromatic heterocycles. The number of halogens is 1. The highest BCUT2D eigenvalue weighted by atomic mass is 35.5. The third-order valence-electron chi connectivity index (χ3n) is 8.38. The van der Waals surface area contributed by atoms with Crippen molar-refractivity contribution < 1.29 is 19.1 Å². The lowest BCUT2D eigenvalue weighted by molar-refractivity contribution is -0.120. The molecule has 3 saturated heterocycles. The maximum absolute atomic E-state index is 13.2. The molecule has 0 unspecified atom stereocenters. The van der Waals surface area contributed by atoms with Gasteiger partial charge in [-0.15, -0.1) is 0 Å². The van der Waals surface area contributed by atoms with Crippen LogP contribution in [-0.4, -0.2) is 80.1 Å². The average molecular weight is 531 g/mol. The molecule has 37 heavy (non-hydrogen) atoms. The number of carbonyl (C=O) groups excluding carboxylic acids is 3. The molecule has 4 fully saturated rings. The van der Waals surface area contributed by atoms with Crippen molar-refractivity contribution in [3.8, 4) is 0 Å². The van der Waals surface area contributed by atoms with Crippen LogP contribution in [-0.2, 0) is 9.53 Å². The van der Waals surface area contributed by atoms with Crippen molar-refractivity contribution in [1.29, 1.82) is 0 Å². The van der Waals surface area contributed by atoms with E-state index >= 15 is 0 Å². The lowest BCUT2D eigenvalue weighted by atomic mass is 9.93. The summed E-state index contributed by atoms with van der Waals surface area (Å²) in [5.74, 6) is 1.91. The van der Waals surface area contributed by atoms with E-state index < -0.39 is 6.03 Å². The fourth-order valence-electron chi connectivity index (χ4n) is 5.76. The molecule has 3 aliphatic heterocycles. The number of imide groups is 1. The Bertz CT molecular complexity index is 984. The summed E-state index contributed by atoms with van der Waals surface area (Å²) in [7, 11) is 0. The summed E-state index contributed by atoms with van der Waals surface area (Å²) in [6, 6.07) is 4.49. The first-order valence-electron chi connectivity index (χ1n) is 14.0. The first kappa shape index (κ1) is 26.4. The van der Waals surface area contributed by atoms with Gasteiger partial charge < -0.3 is 14.5 Å². The molecule has 0 atom stereocenters. The number of piperidine rings is 2. The number of hydrogen-bond donors (Lipinski definition) is 1. The van der Waals surface area contributed by atoms with Crippen molar-refractivity contribution in [1.82, 2.24) is 15.1 Å². The van der Waals surface area contributed by atoms with Gasteiger partial charge in [0.1, 0.15) is 0 Å². The molecular formula is C28H39ClN4O4. The number of hydrogen-bond acceptors (Lipinski definition) is 5. The molecule has 8 nitrogen and oxygen atoms in total. The van der Waals surface area contributed by atoms with E-state index in [4.69, 9.17) is 16.3 Å². The number of carbonyl (C=O) groups is 3. The van der Waals surface area contributed by atoms with Crippen LogP contribution in [0, 0.1) is 17.8 Å². The van der Waals surface area contributed by atoms with Gasteiger partial charge >= 0.3 is 6.03 Å². The van der Waals surface area contributed by atoms with Crippen LogP contribution in [0.2, 0.25) is 5.02 Å². The van der Waals surface area contributed by atoms with Crippen LogP contribution >= 0.6 is 11.6 Å². The number of benzene rings is 1. The van der Waals surface area contributed by atoms with E-state index in [1.165, 1.54) is 50.2 Å². The van der Waals surface area contributed by atoms with Crippen LogP contribution in [0.5, 0.6) is 0 Å². The average Bonchev–Trinajstić information content (AvgIpc) is 3.72. The second kappa shape index (κ2) is 12.1. The Morgan fingerprint density at radius 1 is 0.946 bits per heavy atom. The number of nitrogens with zero attached hydrogens (tertiary/aromatic N) is 3. The zero-order valence-electron chi connectivity index (χ0n) is 21.6. The fourth-order valence-corrected chi connectivity index (χ4v) is 5.97. The van der Waals surface area contributed by atoms with Crippen molar-refractivity contribution >= 4 is 35.1 Å². The van der Waals surface area contributed by atoms with Crippen LogP contribution < -0.4 is 10.2 Å². The summed E-state index contributed by atoms with van der Waals surface area (Å²) in [6.07, 6.45) is 8.72. The highest BCUT2D eigenvalue weighted by molar-refractivity contribution is 6.34. The van der Waals surface area contributed by atoms with Gasteiger partial charge in [-0.25, -0.2) is 4.79 Å². The monoisotopic (exact) mass is 530 g/mol. The smallest absolute Gasteiger partial charge is 0.328 e. The van der Waals surface area contributed by atoms with E-state index in [1.807, 2.05) is 4.90 Å². The predicted molar refractivity (Wildman–Crippen MR) is 143 cm³/mol. The minimum atomic E-state index is -0.511. The molecule has 0 spiro atoms. The Morgan fingerprint density at radius 3 is 2.38 bits per heavy atom. The van der Waals surface area contributed by atoms with Gasteiger partial charge in [0, 0.05) is 51.4 Å². The normalized spacial score (nSPS) is 22.4. The zero-order chi connectivity index (χ0) is 25.8. The number of anilines is 1. The third kappa shape index (κ3) is 7.03. The van der Waals surface area contributed by atoms with E-state index in [2.05, 4.69) is 10.2 Å². The molecule has 1 N–H and O–H groups in total. The molecule has 0 radical (unpaired) electrons. The summed E-state index contributed by atoms with van der Waals surface area (Å²) >= 11 is 6.33. The van der Waals surface area contributed by atoms with Crippen LogP contribution in [0.25, 0.3) is 0 Å². The highest BCUT2D eigenvalue weighted by Gasteiger charge is 2.29. The largest absolute Gasteiger partial charge is 0.381 e. The number of urea groups is 1. The van der Waals surface area contributed by atoms with Crippen LogP contribution in [0.4, 0.5) is 10.5 Å². The Hall–Kier alpha value is -2.16. The number of nitrogens with one attached hydrogen (secondary N) is 1. The lowest BCUT2D eigenvalue weighted by Crippen LogP contribution is -2.49. The zero-order valence-corrected chi connectivity index (χ0v) is 22.4. The first-order chi connectivity index (χ1) is 18.0. The molecule has 4 aliphatic rings. The molecule has 202 valence electrons. The minimum Gasteiger partial charge on any atom is -0.381 e. The van der Waals surface area contributed by atoms with Gasteiger partial charge in [0.15, 0.2) is 0 Å². The number of amides is 4. The van der Waals surface area contributed by atoms with E-state index in [1.54, 1.807) is 18.2 Å². The Morgan fingerprint density at radius 2 is 1.68 bits per heavy atom. The molecule has 3 heterocycles. The summed E-state index contributed by atoms with van der Waals surface area (Å²) in [5.41, 5.74) is 0.955. The van der Waals surface area contributed by atoms with Crippen molar-refractivity contribution in [2.45, 2.75) is 51.4 Å². The predicted octanol–water partition coefficient (Wildman–Crippen LogP) is 4.17. The molecule has 1 aromatic carbocycles. The minimum absolute atomic E-state index is 0.0567. The van der Waals surface area contributed by atoms with E-state index in [0.717, 1.165) is 44.3 Å². The second-order valence-corrected chi connectivity index (χ2v) is 11.6. The molecule has 1 aromatic rings.